The molecule has 0 aliphatic heterocycles. The van der Waals surface area contributed by atoms with E-state index in [9.17, 15) is 4.79 Å². The number of hydrogen-bond donors (Lipinski definition) is 0. The number of thiazole rings is 1. The molecule has 27 heavy (non-hydrogen) atoms. The van der Waals surface area contributed by atoms with E-state index in [-0.39, 0.29) is 5.91 Å². The molecule has 0 saturated carbocycles. The second-order valence-corrected chi connectivity index (χ2v) is 6.86. The average molecular weight is 378 g/mol. The van der Waals surface area contributed by atoms with Gasteiger partial charge in [0.2, 0.25) is 5.91 Å². The Morgan fingerprint density at radius 3 is 2.59 bits per heavy atom. The molecule has 1 amide bonds. The molecule has 5 heteroatoms. The molecule has 0 saturated heterocycles. The highest BCUT2D eigenvalue weighted by atomic mass is 32.1. The molecule has 0 fully saturated rings. The molecule has 0 radical (unpaired) electrons. The van der Waals surface area contributed by atoms with Gasteiger partial charge < -0.3 is 4.74 Å². The first kappa shape index (κ1) is 18.9. The van der Waals surface area contributed by atoms with Crippen LogP contribution in [0.15, 0.2) is 72.6 Å². The van der Waals surface area contributed by atoms with Gasteiger partial charge in [-0.25, -0.2) is 4.98 Å². The zero-order valence-corrected chi connectivity index (χ0v) is 16.1. The lowest BCUT2D eigenvalue weighted by molar-refractivity contribution is -0.118. The lowest BCUT2D eigenvalue weighted by atomic mass is 10.1. The summed E-state index contributed by atoms with van der Waals surface area (Å²) in [4.78, 5) is 19.2. The van der Waals surface area contributed by atoms with Crippen LogP contribution in [-0.4, -0.2) is 24.5 Å². The predicted octanol–water partition coefficient (Wildman–Crippen LogP) is 4.97. The van der Waals surface area contributed by atoms with Gasteiger partial charge in [-0.1, -0.05) is 48.5 Å². The fourth-order valence-electron chi connectivity index (χ4n) is 2.72. The summed E-state index contributed by atoms with van der Waals surface area (Å²) in [5.41, 5.74) is 3.03. The first-order valence-electron chi connectivity index (χ1n) is 8.76. The van der Waals surface area contributed by atoms with Crippen LogP contribution in [0.2, 0.25) is 0 Å². The van der Waals surface area contributed by atoms with Gasteiger partial charge in [0.1, 0.15) is 5.75 Å². The van der Waals surface area contributed by atoms with Crippen molar-refractivity contribution >= 4 is 22.4 Å². The Labute approximate surface area is 163 Å². The van der Waals surface area contributed by atoms with E-state index in [4.69, 9.17) is 4.74 Å². The minimum atomic E-state index is 0.0414. The second kappa shape index (κ2) is 9.14. The van der Waals surface area contributed by atoms with Gasteiger partial charge in [0.15, 0.2) is 5.13 Å². The van der Waals surface area contributed by atoms with Crippen molar-refractivity contribution in [1.82, 2.24) is 4.98 Å². The normalized spacial score (nSPS) is 10.4. The molecular formula is C22H22N2O2S. The van der Waals surface area contributed by atoms with Crippen molar-refractivity contribution in [2.75, 3.05) is 18.6 Å². The standard InChI is InChI=1S/C22H22N2O2S/c1-3-15-24(21(25)14-11-17-9-12-19(26-2)13-10-17)22-23-20(16-27-22)18-7-5-4-6-8-18/h3-10,12-13,16H,1,11,14-15H2,2H3. The minimum absolute atomic E-state index is 0.0414. The van der Waals surface area contributed by atoms with Crippen molar-refractivity contribution in [3.63, 3.8) is 0 Å². The number of benzene rings is 2. The summed E-state index contributed by atoms with van der Waals surface area (Å²) in [6.07, 6.45) is 2.82. The van der Waals surface area contributed by atoms with Gasteiger partial charge >= 0.3 is 0 Å². The summed E-state index contributed by atoms with van der Waals surface area (Å²) in [5, 5.41) is 2.69. The number of rotatable bonds is 8. The number of ether oxygens (including phenoxy) is 1. The largest absolute Gasteiger partial charge is 0.497 e. The highest BCUT2D eigenvalue weighted by Crippen LogP contribution is 2.28. The Hall–Kier alpha value is -2.92. The van der Waals surface area contributed by atoms with Crippen molar-refractivity contribution in [2.45, 2.75) is 12.8 Å². The first-order chi connectivity index (χ1) is 13.2. The molecule has 3 rings (SSSR count). The Morgan fingerprint density at radius 1 is 1.19 bits per heavy atom. The molecule has 0 N–H and O–H groups in total. The topological polar surface area (TPSA) is 42.4 Å². The maximum absolute atomic E-state index is 12.8. The fourth-order valence-corrected chi connectivity index (χ4v) is 3.58. The SMILES string of the molecule is C=CCN(C(=O)CCc1ccc(OC)cc1)c1nc(-c2ccccc2)cs1. The van der Waals surface area contributed by atoms with E-state index < -0.39 is 0 Å². The van der Waals surface area contributed by atoms with Gasteiger partial charge in [0.25, 0.3) is 0 Å². The molecule has 4 nitrogen and oxygen atoms in total. The van der Waals surface area contributed by atoms with Gasteiger partial charge in [-0.15, -0.1) is 17.9 Å². The van der Waals surface area contributed by atoms with E-state index in [0.29, 0.717) is 24.5 Å². The average Bonchev–Trinajstić information content (AvgIpc) is 3.21. The van der Waals surface area contributed by atoms with E-state index in [1.54, 1.807) is 18.1 Å². The van der Waals surface area contributed by atoms with E-state index >= 15 is 0 Å². The molecular weight excluding hydrogens is 356 g/mol. The maximum Gasteiger partial charge on any atom is 0.229 e. The van der Waals surface area contributed by atoms with Crippen LogP contribution in [0.1, 0.15) is 12.0 Å². The second-order valence-electron chi connectivity index (χ2n) is 6.02. The molecule has 0 aliphatic rings. The quantitative estimate of drug-likeness (QED) is 0.520. The van der Waals surface area contributed by atoms with Gasteiger partial charge in [-0.05, 0) is 24.1 Å². The number of aromatic nitrogens is 1. The molecule has 0 aliphatic carbocycles. The molecule has 0 spiro atoms. The third-order valence-electron chi connectivity index (χ3n) is 4.19. The van der Waals surface area contributed by atoms with E-state index in [0.717, 1.165) is 22.6 Å². The molecule has 1 aromatic heterocycles. The summed E-state index contributed by atoms with van der Waals surface area (Å²) in [6.45, 7) is 4.23. The van der Waals surface area contributed by atoms with Gasteiger partial charge in [-0.3, -0.25) is 9.69 Å². The van der Waals surface area contributed by atoms with Crippen LogP contribution in [0.4, 0.5) is 5.13 Å². The molecule has 1 heterocycles. The maximum atomic E-state index is 12.8. The molecule has 3 aromatic rings. The Balaban J connectivity index is 1.69. The Kier molecular flexibility index (Phi) is 6.39. The van der Waals surface area contributed by atoms with E-state index in [2.05, 4.69) is 11.6 Å². The number of hydrogen-bond acceptors (Lipinski definition) is 4. The number of amides is 1. The predicted molar refractivity (Wildman–Crippen MR) is 111 cm³/mol. The zero-order valence-electron chi connectivity index (χ0n) is 15.3. The lowest BCUT2D eigenvalue weighted by Gasteiger charge is -2.18. The van der Waals surface area contributed by atoms with Crippen LogP contribution in [0.5, 0.6) is 5.75 Å². The van der Waals surface area contributed by atoms with Crippen LogP contribution >= 0.6 is 11.3 Å². The van der Waals surface area contributed by atoms with Crippen molar-refractivity contribution in [2.24, 2.45) is 0 Å². The van der Waals surface area contributed by atoms with E-state index in [1.165, 1.54) is 11.3 Å². The lowest BCUT2D eigenvalue weighted by Crippen LogP contribution is -2.31. The number of methoxy groups -OCH3 is 1. The van der Waals surface area contributed by atoms with Crippen molar-refractivity contribution in [3.05, 3.63) is 78.2 Å². The highest BCUT2D eigenvalue weighted by Gasteiger charge is 2.18. The minimum Gasteiger partial charge on any atom is -0.497 e. The molecule has 0 bridgehead atoms. The smallest absolute Gasteiger partial charge is 0.229 e. The zero-order chi connectivity index (χ0) is 19.1. The third-order valence-corrected chi connectivity index (χ3v) is 5.06. The molecule has 0 unspecified atom stereocenters. The monoisotopic (exact) mass is 378 g/mol. The van der Waals surface area contributed by atoms with Gasteiger partial charge in [-0.2, -0.15) is 0 Å². The first-order valence-corrected chi connectivity index (χ1v) is 9.64. The number of nitrogens with zero attached hydrogens (tertiary/aromatic N) is 2. The fraction of sp³-hybridized carbons (Fsp3) is 0.182. The van der Waals surface area contributed by atoms with Crippen LogP contribution < -0.4 is 9.64 Å². The third kappa shape index (κ3) is 4.83. The van der Waals surface area contributed by atoms with Crippen molar-refractivity contribution in [3.8, 4) is 17.0 Å². The van der Waals surface area contributed by atoms with Crippen LogP contribution in [0.3, 0.4) is 0 Å². The van der Waals surface area contributed by atoms with Gasteiger partial charge in [0, 0.05) is 23.9 Å². The van der Waals surface area contributed by atoms with Crippen LogP contribution in [-0.2, 0) is 11.2 Å². The van der Waals surface area contributed by atoms with Crippen LogP contribution in [0, 0.1) is 0 Å². The number of anilines is 1. The molecule has 0 atom stereocenters. The van der Waals surface area contributed by atoms with Crippen LogP contribution in [0.25, 0.3) is 11.3 Å². The summed E-state index contributed by atoms with van der Waals surface area (Å²) >= 11 is 1.48. The summed E-state index contributed by atoms with van der Waals surface area (Å²) < 4.78 is 5.17. The van der Waals surface area contributed by atoms with Gasteiger partial charge in [0.05, 0.1) is 12.8 Å². The summed E-state index contributed by atoms with van der Waals surface area (Å²) in [6, 6.07) is 17.8. The summed E-state index contributed by atoms with van der Waals surface area (Å²) in [5.74, 6) is 0.856. The number of carbonyl (C=O) groups excluding carboxylic acids is 1. The highest BCUT2D eigenvalue weighted by molar-refractivity contribution is 7.14. The molecule has 138 valence electrons. The van der Waals surface area contributed by atoms with Crippen molar-refractivity contribution in [1.29, 1.82) is 0 Å². The molecule has 2 aromatic carbocycles. The number of carbonyl (C=O) groups is 1. The van der Waals surface area contributed by atoms with E-state index in [1.807, 2.05) is 60.0 Å². The summed E-state index contributed by atoms with van der Waals surface area (Å²) in [7, 11) is 1.64. The Bertz CT molecular complexity index is 888. The Morgan fingerprint density at radius 2 is 1.93 bits per heavy atom. The van der Waals surface area contributed by atoms with Crippen molar-refractivity contribution < 1.29 is 9.53 Å². The number of aryl methyl sites for hydroxylation is 1.